The molecule has 0 spiro atoms. The normalized spacial score (nSPS) is 30.3. The number of aliphatic hydroxyl groups is 1. The van der Waals surface area contributed by atoms with Crippen LogP contribution in [0.1, 0.15) is 43.2 Å². The van der Waals surface area contributed by atoms with Crippen LogP contribution in [0.2, 0.25) is 0 Å². The number of hydrogen-bond acceptors (Lipinski definition) is 7. The lowest BCUT2D eigenvalue weighted by Crippen LogP contribution is -2.40. The van der Waals surface area contributed by atoms with E-state index < -0.39 is 5.60 Å². The molecule has 0 saturated carbocycles. The van der Waals surface area contributed by atoms with Crippen molar-refractivity contribution in [2.75, 3.05) is 24.6 Å². The Hall–Kier alpha value is -0.240. The minimum Gasteiger partial charge on any atom is -0.380 e. The Bertz CT molecular complexity index is 449. The van der Waals surface area contributed by atoms with Crippen molar-refractivity contribution in [2.45, 2.75) is 42.3 Å². The molecule has 3 heterocycles. The molecule has 0 radical (unpaired) electrons. The molecule has 0 aromatic carbocycles. The average Bonchev–Trinajstić information content (AvgIpc) is 2.98. The second-order valence-corrected chi connectivity index (χ2v) is 7.94. The van der Waals surface area contributed by atoms with E-state index in [2.05, 4.69) is 22.4 Å². The van der Waals surface area contributed by atoms with E-state index in [1.807, 2.05) is 23.5 Å². The number of rotatable bonds is 3. The smallest absolute Gasteiger partial charge is 0.258 e. The van der Waals surface area contributed by atoms with Gasteiger partial charge < -0.3 is 14.9 Å². The van der Waals surface area contributed by atoms with E-state index >= 15 is 0 Å². The summed E-state index contributed by atoms with van der Waals surface area (Å²) < 4.78 is 5.39. The lowest BCUT2D eigenvalue weighted by Gasteiger charge is -2.29. The van der Waals surface area contributed by atoms with Gasteiger partial charge in [0.2, 0.25) is 0 Å². The van der Waals surface area contributed by atoms with Crippen molar-refractivity contribution < 1.29 is 9.63 Å². The fraction of sp³-hybridized carbons (Fsp3) is 0.846. The fourth-order valence-corrected chi connectivity index (χ4v) is 5.72. The van der Waals surface area contributed by atoms with Gasteiger partial charge in [0.15, 0.2) is 5.82 Å². The Kier molecular flexibility index (Phi) is 4.59. The molecular formula is C13H21N3O2S2. The summed E-state index contributed by atoms with van der Waals surface area (Å²) in [5.41, 5.74) is -0.940. The maximum atomic E-state index is 10.6. The molecule has 2 N–H and O–H groups in total. The molecule has 112 valence electrons. The SMILES string of the molecule is CCC1SCCSC1c1noc(C2(O)CCNCC2)n1. The van der Waals surface area contributed by atoms with Gasteiger partial charge in [-0.05, 0) is 32.4 Å². The molecule has 5 nitrogen and oxygen atoms in total. The Labute approximate surface area is 127 Å². The summed E-state index contributed by atoms with van der Waals surface area (Å²) in [5, 5.41) is 18.9. The van der Waals surface area contributed by atoms with Crippen LogP contribution in [-0.4, -0.2) is 45.1 Å². The van der Waals surface area contributed by atoms with Gasteiger partial charge in [0.25, 0.3) is 5.89 Å². The van der Waals surface area contributed by atoms with Crippen molar-refractivity contribution in [1.29, 1.82) is 0 Å². The largest absolute Gasteiger partial charge is 0.380 e. The molecule has 2 aliphatic heterocycles. The first kappa shape index (κ1) is 14.7. The number of thioether (sulfide) groups is 2. The number of hydrogen-bond donors (Lipinski definition) is 2. The highest BCUT2D eigenvalue weighted by Gasteiger charge is 2.38. The highest BCUT2D eigenvalue weighted by atomic mass is 32.2. The third kappa shape index (κ3) is 2.86. The monoisotopic (exact) mass is 315 g/mol. The number of nitrogens with one attached hydrogen (secondary N) is 1. The van der Waals surface area contributed by atoms with Crippen LogP contribution in [0.15, 0.2) is 4.52 Å². The average molecular weight is 315 g/mol. The standard InChI is InChI=1S/C13H21N3O2S2/c1-2-9-10(20-8-7-19-9)11-15-12(18-16-11)13(17)3-5-14-6-4-13/h9-10,14,17H,2-8H2,1H3. The van der Waals surface area contributed by atoms with Crippen LogP contribution in [0.5, 0.6) is 0 Å². The third-order valence-electron chi connectivity index (χ3n) is 3.98. The van der Waals surface area contributed by atoms with E-state index in [0.29, 0.717) is 29.2 Å². The zero-order chi connectivity index (χ0) is 14.0. The highest BCUT2D eigenvalue weighted by molar-refractivity contribution is 8.06. The van der Waals surface area contributed by atoms with E-state index in [9.17, 15) is 5.11 Å². The van der Waals surface area contributed by atoms with Crippen LogP contribution in [0.4, 0.5) is 0 Å². The van der Waals surface area contributed by atoms with E-state index in [1.54, 1.807) is 0 Å². The number of piperidine rings is 1. The Morgan fingerprint density at radius 1 is 1.35 bits per heavy atom. The second kappa shape index (κ2) is 6.25. The zero-order valence-corrected chi connectivity index (χ0v) is 13.3. The van der Waals surface area contributed by atoms with Gasteiger partial charge in [0, 0.05) is 16.8 Å². The molecule has 2 saturated heterocycles. The second-order valence-electron chi connectivity index (χ2n) is 5.35. The van der Waals surface area contributed by atoms with Crippen LogP contribution in [-0.2, 0) is 5.60 Å². The molecule has 1 aromatic heterocycles. The summed E-state index contributed by atoms with van der Waals surface area (Å²) in [6.45, 7) is 3.79. The lowest BCUT2D eigenvalue weighted by molar-refractivity contribution is -0.0228. The number of nitrogens with zero attached hydrogens (tertiary/aromatic N) is 2. The van der Waals surface area contributed by atoms with Crippen molar-refractivity contribution in [2.24, 2.45) is 0 Å². The van der Waals surface area contributed by atoms with Crippen molar-refractivity contribution in [1.82, 2.24) is 15.5 Å². The van der Waals surface area contributed by atoms with E-state index in [4.69, 9.17) is 4.52 Å². The highest BCUT2D eigenvalue weighted by Crippen LogP contribution is 2.43. The molecule has 20 heavy (non-hydrogen) atoms. The lowest BCUT2D eigenvalue weighted by atomic mass is 9.92. The predicted octanol–water partition coefficient (Wildman–Crippen LogP) is 1.94. The van der Waals surface area contributed by atoms with Gasteiger partial charge in [0.1, 0.15) is 5.60 Å². The van der Waals surface area contributed by atoms with Crippen LogP contribution in [0.3, 0.4) is 0 Å². The van der Waals surface area contributed by atoms with Gasteiger partial charge >= 0.3 is 0 Å². The van der Waals surface area contributed by atoms with Gasteiger partial charge in [-0.2, -0.15) is 16.7 Å². The van der Waals surface area contributed by atoms with E-state index in [-0.39, 0.29) is 0 Å². The first-order valence-corrected chi connectivity index (χ1v) is 9.33. The summed E-state index contributed by atoms with van der Waals surface area (Å²) >= 11 is 3.90. The predicted molar refractivity (Wildman–Crippen MR) is 82.0 cm³/mol. The van der Waals surface area contributed by atoms with Gasteiger partial charge in [-0.3, -0.25) is 0 Å². The van der Waals surface area contributed by atoms with Crippen molar-refractivity contribution in [3.8, 4) is 0 Å². The minimum absolute atomic E-state index is 0.293. The molecule has 0 amide bonds. The van der Waals surface area contributed by atoms with Crippen LogP contribution in [0, 0.1) is 0 Å². The van der Waals surface area contributed by atoms with Gasteiger partial charge in [-0.15, -0.1) is 11.8 Å². The van der Waals surface area contributed by atoms with Crippen molar-refractivity contribution >= 4 is 23.5 Å². The molecule has 2 fully saturated rings. The van der Waals surface area contributed by atoms with Crippen LogP contribution < -0.4 is 5.32 Å². The Morgan fingerprint density at radius 2 is 2.10 bits per heavy atom. The fourth-order valence-electron chi connectivity index (χ4n) is 2.74. The zero-order valence-electron chi connectivity index (χ0n) is 11.7. The molecule has 2 atom stereocenters. The molecule has 2 unspecified atom stereocenters. The van der Waals surface area contributed by atoms with Crippen LogP contribution in [0.25, 0.3) is 0 Å². The Morgan fingerprint density at radius 3 is 2.85 bits per heavy atom. The first-order valence-electron chi connectivity index (χ1n) is 7.23. The summed E-state index contributed by atoms with van der Waals surface area (Å²) in [5.74, 6) is 3.49. The van der Waals surface area contributed by atoms with Gasteiger partial charge in [0.05, 0.1) is 5.25 Å². The van der Waals surface area contributed by atoms with E-state index in [0.717, 1.165) is 31.1 Å². The maximum absolute atomic E-state index is 10.6. The molecule has 1 aromatic rings. The summed E-state index contributed by atoms with van der Waals surface area (Å²) in [4.78, 5) is 4.54. The van der Waals surface area contributed by atoms with Crippen LogP contribution >= 0.6 is 23.5 Å². The quantitative estimate of drug-likeness (QED) is 0.883. The summed E-state index contributed by atoms with van der Waals surface area (Å²) in [7, 11) is 0. The van der Waals surface area contributed by atoms with Gasteiger partial charge in [-0.25, -0.2) is 0 Å². The molecule has 0 bridgehead atoms. The van der Waals surface area contributed by atoms with Crippen molar-refractivity contribution in [3.63, 3.8) is 0 Å². The van der Waals surface area contributed by atoms with Crippen molar-refractivity contribution in [3.05, 3.63) is 11.7 Å². The topological polar surface area (TPSA) is 71.2 Å². The summed E-state index contributed by atoms with van der Waals surface area (Å²) in [6.07, 6.45) is 2.39. The Balaban J connectivity index is 1.78. The number of aromatic nitrogens is 2. The van der Waals surface area contributed by atoms with E-state index in [1.165, 1.54) is 5.75 Å². The van der Waals surface area contributed by atoms with Gasteiger partial charge in [-0.1, -0.05) is 12.1 Å². The minimum atomic E-state index is -0.940. The molecular weight excluding hydrogens is 294 g/mol. The molecule has 2 aliphatic rings. The summed E-state index contributed by atoms with van der Waals surface area (Å²) in [6, 6.07) is 0. The maximum Gasteiger partial charge on any atom is 0.258 e. The third-order valence-corrected chi connectivity index (χ3v) is 7.22. The molecule has 7 heteroatoms. The molecule has 3 rings (SSSR count). The first-order chi connectivity index (χ1) is 9.73. The molecule has 0 aliphatic carbocycles.